The first kappa shape index (κ1) is 19.6. The minimum Gasteiger partial charge on any atom is -0.489 e. The Labute approximate surface area is 166 Å². The molecule has 0 aliphatic carbocycles. The molecule has 3 aromatic carbocycles. The molecule has 28 heavy (non-hydrogen) atoms. The van der Waals surface area contributed by atoms with Crippen molar-refractivity contribution in [3.05, 3.63) is 101 Å². The summed E-state index contributed by atoms with van der Waals surface area (Å²) in [7, 11) is 1.33. The van der Waals surface area contributed by atoms with Crippen molar-refractivity contribution >= 4 is 5.91 Å². The highest BCUT2D eigenvalue weighted by atomic mass is 16.5. The van der Waals surface area contributed by atoms with Gasteiger partial charge in [0.2, 0.25) is 0 Å². The third-order valence-corrected chi connectivity index (χ3v) is 4.62. The first-order valence-electron chi connectivity index (χ1n) is 9.44. The van der Waals surface area contributed by atoms with Gasteiger partial charge in [-0.3, -0.25) is 10.0 Å². The van der Waals surface area contributed by atoms with E-state index in [1.165, 1.54) is 18.2 Å². The molecule has 4 heteroatoms. The van der Waals surface area contributed by atoms with Crippen LogP contribution in [0.3, 0.4) is 0 Å². The van der Waals surface area contributed by atoms with E-state index in [-0.39, 0.29) is 0 Å². The monoisotopic (exact) mass is 375 g/mol. The zero-order chi connectivity index (χ0) is 19.8. The largest absolute Gasteiger partial charge is 0.489 e. The molecule has 0 fully saturated rings. The molecule has 3 aromatic rings. The van der Waals surface area contributed by atoms with E-state index in [4.69, 9.17) is 4.74 Å². The summed E-state index contributed by atoms with van der Waals surface area (Å²) in [6.45, 7) is 0.562. The van der Waals surface area contributed by atoms with Crippen LogP contribution in [0.4, 0.5) is 0 Å². The quantitative estimate of drug-likeness (QED) is 0.450. The standard InChI is InChI=1S/C24H25NO3/c1-25(27)24(26)22-16-14-19(15-17-22)10-7-12-21-11-5-6-13-23(21)28-18-20-8-3-2-4-9-20/h2-6,8-9,11,13-17,27H,7,10,12,18H2,1H3. The molecule has 0 heterocycles. The van der Waals surface area contributed by atoms with Crippen LogP contribution in [0.25, 0.3) is 0 Å². The molecule has 1 N–H and O–H groups in total. The summed E-state index contributed by atoms with van der Waals surface area (Å²) in [5, 5.41) is 9.82. The average Bonchev–Trinajstić information content (AvgIpc) is 2.73. The maximum Gasteiger partial charge on any atom is 0.276 e. The molecule has 0 aliphatic rings. The van der Waals surface area contributed by atoms with E-state index in [2.05, 4.69) is 18.2 Å². The molecule has 0 unspecified atom stereocenters. The smallest absolute Gasteiger partial charge is 0.276 e. The number of hydrogen-bond acceptors (Lipinski definition) is 3. The van der Waals surface area contributed by atoms with E-state index in [1.807, 2.05) is 48.5 Å². The van der Waals surface area contributed by atoms with Crippen molar-refractivity contribution in [2.24, 2.45) is 0 Å². The highest BCUT2D eigenvalue weighted by Crippen LogP contribution is 2.22. The minimum atomic E-state index is -0.406. The fraction of sp³-hybridized carbons (Fsp3) is 0.208. The first-order chi connectivity index (χ1) is 13.6. The maximum atomic E-state index is 11.7. The molecule has 1 amide bonds. The van der Waals surface area contributed by atoms with E-state index < -0.39 is 5.91 Å². The number of hydroxylamine groups is 2. The molecule has 0 atom stereocenters. The predicted octanol–water partition coefficient (Wildman–Crippen LogP) is 4.90. The summed E-state index contributed by atoms with van der Waals surface area (Å²) in [5.41, 5.74) is 4.00. The maximum absolute atomic E-state index is 11.7. The van der Waals surface area contributed by atoms with Crippen molar-refractivity contribution in [3.8, 4) is 5.75 Å². The van der Waals surface area contributed by atoms with Crippen molar-refractivity contribution in [2.75, 3.05) is 7.05 Å². The lowest BCUT2D eigenvalue weighted by Gasteiger charge is -2.12. The van der Waals surface area contributed by atoms with Gasteiger partial charge in [0.1, 0.15) is 12.4 Å². The highest BCUT2D eigenvalue weighted by Gasteiger charge is 2.09. The molecule has 4 nitrogen and oxygen atoms in total. The van der Waals surface area contributed by atoms with Crippen LogP contribution in [0, 0.1) is 0 Å². The van der Waals surface area contributed by atoms with E-state index in [9.17, 15) is 10.0 Å². The second-order valence-electron chi connectivity index (χ2n) is 6.76. The number of hydrogen-bond donors (Lipinski definition) is 1. The Morgan fingerprint density at radius 3 is 2.25 bits per heavy atom. The fourth-order valence-corrected chi connectivity index (χ4v) is 3.07. The van der Waals surface area contributed by atoms with Gasteiger partial charge in [0, 0.05) is 12.6 Å². The van der Waals surface area contributed by atoms with Crippen LogP contribution in [-0.2, 0) is 19.4 Å². The zero-order valence-electron chi connectivity index (χ0n) is 16.0. The van der Waals surface area contributed by atoms with Crippen molar-refractivity contribution in [1.82, 2.24) is 5.06 Å². The summed E-state index contributed by atoms with van der Waals surface area (Å²) >= 11 is 0. The fourth-order valence-electron chi connectivity index (χ4n) is 3.07. The topological polar surface area (TPSA) is 49.8 Å². The van der Waals surface area contributed by atoms with Gasteiger partial charge < -0.3 is 4.74 Å². The summed E-state index contributed by atoms with van der Waals surface area (Å²) in [6, 6.07) is 25.7. The molecular formula is C24H25NO3. The van der Waals surface area contributed by atoms with E-state index in [0.29, 0.717) is 17.2 Å². The predicted molar refractivity (Wildman–Crippen MR) is 110 cm³/mol. The Morgan fingerprint density at radius 1 is 0.857 bits per heavy atom. The summed E-state index contributed by atoms with van der Waals surface area (Å²) in [5.74, 6) is 0.523. The van der Waals surface area contributed by atoms with Gasteiger partial charge in [0.15, 0.2) is 0 Å². The van der Waals surface area contributed by atoms with Crippen LogP contribution in [0.5, 0.6) is 5.75 Å². The van der Waals surface area contributed by atoms with E-state index in [0.717, 1.165) is 30.6 Å². The summed E-state index contributed by atoms with van der Waals surface area (Å²) < 4.78 is 6.02. The highest BCUT2D eigenvalue weighted by molar-refractivity contribution is 5.93. The Hall–Kier alpha value is -3.11. The van der Waals surface area contributed by atoms with E-state index in [1.54, 1.807) is 12.1 Å². The Morgan fingerprint density at radius 2 is 1.54 bits per heavy atom. The van der Waals surface area contributed by atoms with Crippen LogP contribution in [0.2, 0.25) is 0 Å². The van der Waals surface area contributed by atoms with Crippen LogP contribution < -0.4 is 4.74 Å². The van der Waals surface area contributed by atoms with Gasteiger partial charge >= 0.3 is 0 Å². The van der Waals surface area contributed by atoms with E-state index >= 15 is 0 Å². The van der Waals surface area contributed by atoms with Crippen LogP contribution in [0.15, 0.2) is 78.9 Å². The average molecular weight is 375 g/mol. The van der Waals surface area contributed by atoms with Crippen LogP contribution in [-0.4, -0.2) is 23.2 Å². The van der Waals surface area contributed by atoms with Gasteiger partial charge in [-0.1, -0.05) is 60.7 Å². The summed E-state index contributed by atoms with van der Waals surface area (Å²) in [6.07, 6.45) is 2.82. The SMILES string of the molecule is CN(O)C(=O)c1ccc(CCCc2ccccc2OCc2ccccc2)cc1. The Kier molecular flexibility index (Phi) is 6.82. The normalized spacial score (nSPS) is 10.5. The third-order valence-electron chi connectivity index (χ3n) is 4.62. The lowest BCUT2D eigenvalue weighted by Crippen LogP contribution is -2.22. The molecule has 0 bridgehead atoms. The number of carbonyl (C=O) groups is 1. The molecule has 0 spiro atoms. The minimum absolute atomic E-state index is 0.406. The molecule has 0 saturated heterocycles. The number of rotatable bonds is 8. The molecular weight excluding hydrogens is 350 g/mol. The van der Waals surface area contributed by atoms with Gasteiger partial charge in [-0.05, 0) is 54.2 Å². The van der Waals surface area contributed by atoms with Gasteiger partial charge in [-0.25, -0.2) is 5.06 Å². The van der Waals surface area contributed by atoms with Crippen molar-refractivity contribution in [3.63, 3.8) is 0 Å². The molecule has 0 saturated carbocycles. The van der Waals surface area contributed by atoms with Gasteiger partial charge in [0.25, 0.3) is 5.91 Å². The van der Waals surface area contributed by atoms with Gasteiger partial charge in [-0.15, -0.1) is 0 Å². The number of aryl methyl sites for hydroxylation is 2. The summed E-state index contributed by atoms with van der Waals surface area (Å²) in [4.78, 5) is 11.7. The number of amides is 1. The molecule has 3 rings (SSSR count). The van der Waals surface area contributed by atoms with Crippen molar-refractivity contribution < 1.29 is 14.7 Å². The Balaban J connectivity index is 1.54. The van der Waals surface area contributed by atoms with Crippen LogP contribution >= 0.6 is 0 Å². The number of nitrogens with zero attached hydrogens (tertiary/aromatic N) is 1. The zero-order valence-corrected chi connectivity index (χ0v) is 16.0. The van der Waals surface area contributed by atoms with Gasteiger partial charge in [-0.2, -0.15) is 0 Å². The molecule has 144 valence electrons. The second-order valence-corrected chi connectivity index (χ2v) is 6.76. The van der Waals surface area contributed by atoms with Crippen molar-refractivity contribution in [1.29, 1.82) is 0 Å². The van der Waals surface area contributed by atoms with Gasteiger partial charge in [0.05, 0.1) is 0 Å². The number of carbonyl (C=O) groups excluding carboxylic acids is 1. The third kappa shape index (κ3) is 5.44. The van der Waals surface area contributed by atoms with Crippen LogP contribution in [0.1, 0.15) is 33.5 Å². The molecule has 0 radical (unpaired) electrons. The molecule has 0 aliphatic heterocycles. The number of ether oxygens (including phenoxy) is 1. The molecule has 0 aromatic heterocycles. The lowest BCUT2D eigenvalue weighted by atomic mass is 10.0. The van der Waals surface area contributed by atoms with Crippen molar-refractivity contribution in [2.45, 2.75) is 25.9 Å². The first-order valence-corrected chi connectivity index (χ1v) is 9.44. The number of benzene rings is 3. The Bertz CT molecular complexity index is 889. The lowest BCUT2D eigenvalue weighted by molar-refractivity contribution is -0.0374. The number of para-hydroxylation sites is 1. The second kappa shape index (κ2) is 9.72.